The average Bonchev–Trinajstić information content (AvgIpc) is 2.76. The molecule has 5 nitrogen and oxygen atoms in total. The number of halogens is 1. The van der Waals surface area contributed by atoms with Crippen LogP contribution in [0.25, 0.3) is 0 Å². The molecule has 0 spiro atoms. The number of fused-ring (bicyclic) bond motifs is 2. The summed E-state index contributed by atoms with van der Waals surface area (Å²) in [5, 5.41) is 3.19. The normalized spacial score (nSPS) is 35.3. The molecule has 1 heterocycles. The Balaban J connectivity index is 0.00000161. The standard InChI is InChI=1S/C14H23N3O2S.ClH/c15-11-4-9-2-1-3-10(5-11)14(9)16-12(18)6-17-8-20-7-13(17)19;/h9-11,14H,1-8,15H2,(H,16,18);1H. The average molecular weight is 334 g/mol. The molecule has 0 aromatic heterocycles. The minimum absolute atomic E-state index is 0. The molecule has 0 aromatic carbocycles. The molecular formula is C14H24ClN3O2S. The van der Waals surface area contributed by atoms with E-state index in [0.29, 0.717) is 29.5 Å². The van der Waals surface area contributed by atoms with E-state index in [1.54, 1.807) is 16.7 Å². The Labute approximate surface area is 136 Å². The molecule has 0 aromatic rings. The Kier molecular flexibility index (Phi) is 5.80. The molecule has 3 N–H and O–H groups in total. The molecule has 2 bridgehead atoms. The fourth-order valence-corrected chi connectivity index (χ4v) is 4.87. The van der Waals surface area contributed by atoms with Crippen LogP contribution in [0.4, 0.5) is 0 Å². The van der Waals surface area contributed by atoms with Gasteiger partial charge in [-0.3, -0.25) is 9.59 Å². The van der Waals surface area contributed by atoms with Gasteiger partial charge in [0.1, 0.15) is 6.54 Å². The van der Waals surface area contributed by atoms with Crippen molar-refractivity contribution in [3.05, 3.63) is 0 Å². The van der Waals surface area contributed by atoms with Gasteiger partial charge in [-0.2, -0.15) is 0 Å². The third kappa shape index (κ3) is 3.85. The van der Waals surface area contributed by atoms with Crippen molar-refractivity contribution < 1.29 is 9.59 Å². The number of amides is 2. The minimum Gasteiger partial charge on any atom is -0.351 e. The monoisotopic (exact) mass is 333 g/mol. The van der Waals surface area contributed by atoms with Crippen LogP contribution in [0.2, 0.25) is 0 Å². The highest BCUT2D eigenvalue weighted by Gasteiger charge is 2.40. The first-order valence-corrected chi connectivity index (χ1v) is 8.69. The lowest BCUT2D eigenvalue weighted by Crippen LogP contribution is -2.55. The molecule has 3 fully saturated rings. The van der Waals surface area contributed by atoms with E-state index in [9.17, 15) is 9.59 Å². The summed E-state index contributed by atoms with van der Waals surface area (Å²) in [5.74, 6) is 2.30. The Morgan fingerprint density at radius 3 is 2.57 bits per heavy atom. The molecule has 2 atom stereocenters. The Morgan fingerprint density at radius 1 is 1.33 bits per heavy atom. The quantitative estimate of drug-likeness (QED) is 0.806. The van der Waals surface area contributed by atoms with Crippen molar-refractivity contribution >= 4 is 36.0 Å². The van der Waals surface area contributed by atoms with Crippen LogP contribution in [0.1, 0.15) is 32.1 Å². The second-order valence-corrected chi connectivity index (χ2v) is 7.30. The first-order valence-electron chi connectivity index (χ1n) is 7.54. The van der Waals surface area contributed by atoms with Crippen molar-refractivity contribution in [1.82, 2.24) is 10.2 Å². The van der Waals surface area contributed by atoms with Crippen molar-refractivity contribution in [3.63, 3.8) is 0 Å². The lowest BCUT2D eigenvalue weighted by molar-refractivity contribution is -0.133. The van der Waals surface area contributed by atoms with Gasteiger partial charge in [0.2, 0.25) is 11.8 Å². The lowest BCUT2D eigenvalue weighted by atomic mass is 9.67. The van der Waals surface area contributed by atoms with Crippen LogP contribution >= 0.6 is 24.2 Å². The maximum atomic E-state index is 12.2. The first kappa shape index (κ1) is 16.9. The summed E-state index contributed by atoms with van der Waals surface area (Å²) < 4.78 is 0. The van der Waals surface area contributed by atoms with Crippen LogP contribution in [-0.4, -0.2) is 47.0 Å². The van der Waals surface area contributed by atoms with Crippen LogP contribution in [0.3, 0.4) is 0 Å². The summed E-state index contributed by atoms with van der Waals surface area (Å²) in [7, 11) is 0. The summed E-state index contributed by atoms with van der Waals surface area (Å²) in [4.78, 5) is 25.4. The Morgan fingerprint density at radius 2 is 2.00 bits per heavy atom. The molecule has 120 valence electrons. The Bertz CT molecular complexity index is 396. The van der Waals surface area contributed by atoms with E-state index in [-0.39, 0.29) is 36.8 Å². The van der Waals surface area contributed by atoms with Gasteiger partial charge in [0.15, 0.2) is 0 Å². The zero-order valence-electron chi connectivity index (χ0n) is 12.1. The summed E-state index contributed by atoms with van der Waals surface area (Å²) >= 11 is 1.58. The Hall–Kier alpha value is -0.460. The molecule has 2 unspecified atom stereocenters. The number of thioether (sulfide) groups is 1. The number of rotatable bonds is 3. The second-order valence-electron chi connectivity index (χ2n) is 6.35. The largest absolute Gasteiger partial charge is 0.351 e. The molecular weight excluding hydrogens is 310 g/mol. The van der Waals surface area contributed by atoms with Crippen molar-refractivity contribution in [3.8, 4) is 0 Å². The maximum absolute atomic E-state index is 12.2. The van der Waals surface area contributed by atoms with Gasteiger partial charge in [-0.05, 0) is 37.5 Å². The molecule has 7 heteroatoms. The predicted molar refractivity (Wildman–Crippen MR) is 86.3 cm³/mol. The number of nitrogens with zero attached hydrogens (tertiary/aromatic N) is 1. The van der Waals surface area contributed by atoms with Gasteiger partial charge < -0.3 is 16.0 Å². The van der Waals surface area contributed by atoms with Crippen LogP contribution in [0.5, 0.6) is 0 Å². The van der Waals surface area contributed by atoms with Gasteiger partial charge in [-0.1, -0.05) is 6.42 Å². The van der Waals surface area contributed by atoms with E-state index < -0.39 is 0 Å². The summed E-state index contributed by atoms with van der Waals surface area (Å²) in [6.45, 7) is 0.216. The fraction of sp³-hybridized carbons (Fsp3) is 0.857. The molecule has 1 aliphatic heterocycles. The zero-order valence-corrected chi connectivity index (χ0v) is 13.8. The SMILES string of the molecule is Cl.NC1CC2CCCC(C1)C2NC(=O)CN1CSCC1=O. The molecule has 2 amide bonds. The molecule has 0 radical (unpaired) electrons. The second kappa shape index (κ2) is 7.20. The van der Waals surface area contributed by atoms with Crippen molar-refractivity contribution in [2.75, 3.05) is 18.2 Å². The van der Waals surface area contributed by atoms with E-state index in [0.717, 1.165) is 12.8 Å². The molecule has 2 aliphatic carbocycles. The molecule has 1 saturated heterocycles. The van der Waals surface area contributed by atoms with Crippen LogP contribution < -0.4 is 11.1 Å². The molecule has 3 rings (SSSR count). The number of hydrogen-bond acceptors (Lipinski definition) is 4. The summed E-state index contributed by atoms with van der Waals surface area (Å²) in [5.41, 5.74) is 6.10. The highest BCUT2D eigenvalue weighted by atomic mass is 35.5. The number of nitrogens with one attached hydrogen (secondary N) is 1. The third-order valence-electron chi connectivity index (χ3n) is 4.86. The third-order valence-corrected chi connectivity index (χ3v) is 5.81. The van der Waals surface area contributed by atoms with Crippen molar-refractivity contribution in [2.45, 2.75) is 44.2 Å². The topological polar surface area (TPSA) is 75.4 Å². The van der Waals surface area contributed by atoms with E-state index in [2.05, 4.69) is 5.32 Å². The van der Waals surface area contributed by atoms with E-state index in [1.807, 2.05) is 0 Å². The van der Waals surface area contributed by atoms with Gasteiger partial charge in [0.25, 0.3) is 0 Å². The van der Waals surface area contributed by atoms with E-state index in [1.165, 1.54) is 19.3 Å². The fourth-order valence-electron chi connectivity index (χ4n) is 3.97. The molecule has 21 heavy (non-hydrogen) atoms. The van der Waals surface area contributed by atoms with E-state index >= 15 is 0 Å². The van der Waals surface area contributed by atoms with Gasteiger partial charge in [0.05, 0.1) is 11.6 Å². The van der Waals surface area contributed by atoms with Gasteiger partial charge in [-0.15, -0.1) is 24.2 Å². The van der Waals surface area contributed by atoms with Gasteiger partial charge in [-0.25, -0.2) is 0 Å². The van der Waals surface area contributed by atoms with Crippen LogP contribution in [0.15, 0.2) is 0 Å². The smallest absolute Gasteiger partial charge is 0.239 e. The van der Waals surface area contributed by atoms with Crippen molar-refractivity contribution in [1.29, 1.82) is 0 Å². The number of carbonyl (C=O) groups is 2. The zero-order chi connectivity index (χ0) is 14.1. The van der Waals surface area contributed by atoms with Crippen molar-refractivity contribution in [2.24, 2.45) is 17.6 Å². The lowest BCUT2D eigenvalue weighted by Gasteiger charge is -2.45. The maximum Gasteiger partial charge on any atom is 0.239 e. The first-order chi connectivity index (χ1) is 9.63. The van der Waals surface area contributed by atoms with E-state index in [4.69, 9.17) is 5.73 Å². The highest BCUT2D eigenvalue weighted by Crippen LogP contribution is 2.39. The minimum atomic E-state index is -0.00165. The summed E-state index contributed by atoms with van der Waals surface area (Å²) in [6.07, 6.45) is 5.66. The molecule has 3 aliphatic rings. The highest BCUT2D eigenvalue weighted by molar-refractivity contribution is 8.00. The number of carbonyl (C=O) groups excluding carboxylic acids is 2. The number of nitrogens with two attached hydrogens (primary N) is 1. The van der Waals surface area contributed by atoms with Crippen LogP contribution in [0, 0.1) is 11.8 Å². The van der Waals surface area contributed by atoms with Crippen LogP contribution in [-0.2, 0) is 9.59 Å². The van der Waals surface area contributed by atoms with Gasteiger partial charge >= 0.3 is 0 Å². The number of hydrogen-bond donors (Lipinski definition) is 2. The summed E-state index contributed by atoms with van der Waals surface area (Å²) in [6, 6.07) is 0.580. The molecule has 2 saturated carbocycles. The predicted octanol–water partition coefficient (Wildman–Crippen LogP) is 0.963. The van der Waals surface area contributed by atoms with Gasteiger partial charge in [0, 0.05) is 12.1 Å².